The second kappa shape index (κ2) is 6.65. The molecule has 10 nitrogen and oxygen atoms in total. The summed E-state index contributed by atoms with van der Waals surface area (Å²) in [5.41, 5.74) is 3.12. The van der Waals surface area contributed by atoms with Gasteiger partial charge in [0.15, 0.2) is 0 Å². The van der Waals surface area contributed by atoms with Crippen LogP contribution >= 0.6 is 0 Å². The molecule has 4 atom stereocenters. The molecule has 1 fully saturated rings. The first-order valence-corrected chi connectivity index (χ1v) is 7.49. The van der Waals surface area contributed by atoms with Gasteiger partial charge >= 0.3 is 138 Å². The van der Waals surface area contributed by atoms with Gasteiger partial charge in [-0.15, -0.1) is 0 Å². The molecule has 2 heterocycles. The van der Waals surface area contributed by atoms with Crippen LogP contribution in [-0.2, 0) is 21.7 Å². The van der Waals surface area contributed by atoms with E-state index in [0.717, 1.165) is 6.20 Å². The number of nitrogens with zero attached hydrogens (tertiary/aromatic N) is 2. The van der Waals surface area contributed by atoms with E-state index in [-0.39, 0.29) is 16.8 Å². The standard InChI is InChI=1S/C12H16N3O7Se/c13-4-12(9(20)8(19)6(3-16)22-12)15-2-5(1-7(17)18)10(21)14-11(15)23/h2,6,8-9,16,19-20H,1,3-4,13H2,(H,17,18)/t6-,8-,9-,12-/m1/s1. The van der Waals surface area contributed by atoms with E-state index in [1.165, 1.54) is 4.57 Å². The average Bonchev–Trinajstić information content (AvgIpc) is 2.74. The van der Waals surface area contributed by atoms with Gasteiger partial charge in [-0.2, -0.15) is 0 Å². The van der Waals surface area contributed by atoms with Gasteiger partial charge in [-0.3, -0.25) is 0 Å². The maximum atomic E-state index is 11.8. The topological polar surface area (TPSA) is 168 Å². The molecular weight excluding hydrogens is 377 g/mol. The number of carboxylic acid groups (broad SMARTS) is 1. The first-order chi connectivity index (χ1) is 10.8. The van der Waals surface area contributed by atoms with Crippen molar-refractivity contribution in [2.75, 3.05) is 13.2 Å². The number of aliphatic hydroxyl groups excluding tert-OH is 3. The molecule has 1 radical (unpaired) electrons. The molecule has 1 aliphatic heterocycles. The summed E-state index contributed by atoms with van der Waals surface area (Å²) in [6.45, 7) is -0.869. The number of hydrogen-bond acceptors (Lipinski definition) is 8. The first-order valence-electron chi connectivity index (χ1n) is 6.63. The first kappa shape index (κ1) is 18.0. The second-order valence-electron chi connectivity index (χ2n) is 5.12. The van der Waals surface area contributed by atoms with Gasteiger partial charge in [0.1, 0.15) is 0 Å². The Balaban J connectivity index is 2.58. The van der Waals surface area contributed by atoms with Crippen molar-refractivity contribution < 1.29 is 30.0 Å². The van der Waals surface area contributed by atoms with E-state index in [9.17, 15) is 24.9 Å². The zero-order valence-electron chi connectivity index (χ0n) is 11.8. The number of rotatable bonds is 5. The number of carboxylic acids is 1. The molecule has 23 heavy (non-hydrogen) atoms. The van der Waals surface area contributed by atoms with Gasteiger partial charge in [-0.05, 0) is 0 Å². The van der Waals surface area contributed by atoms with Crippen LogP contribution in [0.15, 0.2) is 11.0 Å². The SMILES string of the molecule is NC[C@@]1(n2cc(CC(=O)O)c(=O)nc2[Se])O[C@H](CO)[C@@H](O)[C@H]1O. The van der Waals surface area contributed by atoms with Gasteiger partial charge in [-0.25, -0.2) is 0 Å². The summed E-state index contributed by atoms with van der Waals surface area (Å²) in [5, 5.41) is 38.3. The molecule has 1 aromatic rings. The summed E-state index contributed by atoms with van der Waals surface area (Å²) in [4.78, 5) is 26.3. The predicted octanol–water partition coefficient (Wildman–Crippen LogP) is -4.61. The number of carbonyl (C=O) groups is 1. The molecule has 1 saturated heterocycles. The number of hydrogen-bond donors (Lipinski definition) is 5. The van der Waals surface area contributed by atoms with E-state index < -0.39 is 48.6 Å². The quantitative estimate of drug-likeness (QED) is 0.309. The van der Waals surface area contributed by atoms with E-state index in [4.69, 9.17) is 15.6 Å². The number of aliphatic carboxylic acids is 1. The van der Waals surface area contributed by atoms with Crippen LogP contribution in [0.2, 0.25) is 0 Å². The van der Waals surface area contributed by atoms with Gasteiger partial charge < -0.3 is 0 Å². The van der Waals surface area contributed by atoms with Crippen molar-refractivity contribution in [1.82, 2.24) is 9.55 Å². The van der Waals surface area contributed by atoms with Crippen LogP contribution in [0.1, 0.15) is 5.56 Å². The fourth-order valence-electron chi connectivity index (χ4n) is 2.52. The molecule has 0 bridgehead atoms. The van der Waals surface area contributed by atoms with Crippen molar-refractivity contribution in [1.29, 1.82) is 0 Å². The van der Waals surface area contributed by atoms with Crippen molar-refractivity contribution >= 4 is 26.7 Å². The third kappa shape index (κ3) is 3.04. The molecular formula is C12H16N3O7Se. The molecule has 1 aliphatic rings. The maximum absolute atomic E-state index is 11.8. The molecule has 6 N–H and O–H groups in total. The van der Waals surface area contributed by atoms with E-state index in [1.807, 2.05) is 0 Å². The molecule has 0 aromatic carbocycles. The van der Waals surface area contributed by atoms with Crippen molar-refractivity contribution in [2.24, 2.45) is 5.73 Å². The van der Waals surface area contributed by atoms with Crippen LogP contribution < -0.4 is 16.0 Å². The Labute approximate surface area is 138 Å². The fraction of sp³-hybridized carbons (Fsp3) is 0.583. The zero-order valence-corrected chi connectivity index (χ0v) is 13.5. The summed E-state index contributed by atoms with van der Waals surface area (Å²) in [5.74, 6) is -1.23. The van der Waals surface area contributed by atoms with Crippen LogP contribution in [0.3, 0.4) is 0 Å². The van der Waals surface area contributed by atoms with Gasteiger partial charge in [-0.1, -0.05) is 0 Å². The Morgan fingerprint density at radius 3 is 2.65 bits per heavy atom. The molecule has 0 spiro atoms. The number of aliphatic hydroxyl groups is 3. The number of nitrogens with two attached hydrogens (primary N) is 1. The van der Waals surface area contributed by atoms with Crippen LogP contribution in [0.5, 0.6) is 0 Å². The normalized spacial score (nSPS) is 30.5. The molecule has 0 amide bonds. The Kier molecular flexibility index (Phi) is 5.21. The van der Waals surface area contributed by atoms with Crippen molar-refractivity contribution in [2.45, 2.75) is 30.5 Å². The minimum atomic E-state index is -1.69. The fourth-order valence-corrected chi connectivity index (χ4v) is 3.13. The summed E-state index contributed by atoms with van der Waals surface area (Å²) < 4.78 is 6.69. The van der Waals surface area contributed by atoms with E-state index in [0.29, 0.717) is 0 Å². The summed E-state index contributed by atoms with van der Waals surface area (Å²) in [7, 11) is 0. The van der Waals surface area contributed by atoms with Crippen molar-refractivity contribution in [3.05, 3.63) is 22.1 Å². The van der Waals surface area contributed by atoms with E-state index in [2.05, 4.69) is 21.0 Å². The summed E-state index contributed by atoms with van der Waals surface area (Å²) >= 11 is 2.51. The molecule has 0 aliphatic carbocycles. The Hall–Kier alpha value is -1.33. The molecule has 11 heteroatoms. The predicted molar refractivity (Wildman–Crippen MR) is 76.2 cm³/mol. The van der Waals surface area contributed by atoms with Gasteiger partial charge in [0.25, 0.3) is 0 Å². The molecule has 127 valence electrons. The zero-order chi connectivity index (χ0) is 17.4. The van der Waals surface area contributed by atoms with E-state index in [1.54, 1.807) is 0 Å². The third-order valence-corrected chi connectivity index (χ3v) is 4.31. The number of ether oxygens (including phenoxy) is 1. The van der Waals surface area contributed by atoms with E-state index >= 15 is 0 Å². The second-order valence-corrected chi connectivity index (χ2v) is 5.88. The van der Waals surface area contributed by atoms with Gasteiger partial charge in [0.05, 0.1) is 0 Å². The van der Waals surface area contributed by atoms with Crippen molar-refractivity contribution in [3.8, 4) is 0 Å². The van der Waals surface area contributed by atoms with Gasteiger partial charge in [0.2, 0.25) is 0 Å². The monoisotopic (exact) mass is 394 g/mol. The Morgan fingerprint density at radius 1 is 1.52 bits per heavy atom. The molecule has 1 aromatic heterocycles. The molecule has 2 rings (SSSR count). The summed E-state index contributed by atoms with van der Waals surface area (Å²) in [6.07, 6.45) is -3.42. The van der Waals surface area contributed by atoms with Crippen LogP contribution in [0, 0.1) is 0 Å². The average molecular weight is 393 g/mol. The molecule has 0 saturated carbocycles. The van der Waals surface area contributed by atoms with Crippen LogP contribution in [0.4, 0.5) is 0 Å². The van der Waals surface area contributed by atoms with Crippen LogP contribution in [0.25, 0.3) is 0 Å². The summed E-state index contributed by atoms with van der Waals surface area (Å²) in [6, 6.07) is 0. The Bertz CT molecular complexity index is 667. The Morgan fingerprint density at radius 2 is 2.17 bits per heavy atom. The van der Waals surface area contributed by atoms with Crippen molar-refractivity contribution in [3.63, 3.8) is 0 Å². The minimum absolute atomic E-state index is 0.000529. The third-order valence-electron chi connectivity index (χ3n) is 3.71. The van der Waals surface area contributed by atoms with Gasteiger partial charge in [0, 0.05) is 0 Å². The molecule has 0 unspecified atom stereocenters. The van der Waals surface area contributed by atoms with Crippen LogP contribution in [-0.4, -0.2) is 83.4 Å². The number of aromatic nitrogens is 2.